The van der Waals surface area contributed by atoms with Gasteiger partial charge in [0.05, 0.1) is 24.1 Å². The van der Waals surface area contributed by atoms with Gasteiger partial charge in [-0.05, 0) is 44.5 Å². The fraction of sp³-hybridized carbons (Fsp3) is 0.429. The molecule has 2 fully saturated rings. The molecule has 1 aliphatic heterocycles. The fourth-order valence-corrected chi connectivity index (χ4v) is 4.60. The van der Waals surface area contributed by atoms with Gasteiger partial charge in [0.2, 0.25) is 11.8 Å². The van der Waals surface area contributed by atoms with Crippen LogP contribution in [0.15, 0.2) is 47.6 Å². The van der Waals surface area contributed by atoms with Gasteiger partial charge in [-0.15, -0.1) is 0 Å². The molecule has 0 unspecified atom stereocenters. The van der Waals surface area contributed by atoms with Gasteiger partial charge in [0.25, 0.3) is 0 Å². The molecule has 0 aromatic heterocycles. The molecule has 1 aromatic carbocycles. The van der Waals surface area contributed by atoms with Crippen LogP contribution in [0, 0.1) is 23.7 Å². The second-order valence-electron chi connectivity index (χ2n) is 7.30. The second kappa shape index (κ2) is 5.87. The average Bonchev–Trinajstić information content (AvgIpc) is 3.24. The Morgan fingerprint density at radius 2 is 1.56 bits per heavy atom. The van der Waals surface area contributed by atoms with Crippen molar-refractivity contribution in [3.63, 3.8) is 0 Å². The van der Waals surface area contributed by atoms with Gasteiger partial charge in [0.15, 0.2) is 0 Å². The standard InChI is InChI=1S/C21H23NO3/c1-4-11-25-14-7-5-13(6-8-14)22-20(23)18-15-9-10-16(17(15)12(2)3)19(18)21(22)24/h5-10,15-16,18-19H,4,11H2,1-3H3/t15-,16-,18-,19+/m1/s1. The van der Waals surface area contributed by atoms with Crippen molar-refractivity contribution in [3.8, 4) is 5.75 Å². The Morgan fingerprint density at radius 3 is 2.04 bits per heavy atom. The van der Waals surface area contributed by atoms with E-state index in [1.54, 1.807) is 12.1 Å². The SMILES string of the molecule is CCCOc1ccc(N2C(=O)[C@@H]3[C@H](C2=O)[C@@H]2C=C[C@@H]3C2=C(C)C)cc1. The van der Waals surface area contributed by atoms with Crippen molar-refractivity contribution >= 4 is 17.5 Å². The Balaban J connectivity index is 1.62. The highest BCUT2D eigenvalue weighted by Crippen LogP contribution is 2.57. The minimum atomic E-state index is -0.233. The molecule has 1 saturated heterocycles. The maximum atomic E-state index is 13.0. The number of allylic oxidation sites excluding steroid dienone is 4. The van der Waals surface area contributed by atoms with E-state index in [0.29, 0.717) is 12.3 Å². The largest absolute Gasteiger partial charge is 0.494 e. The number of nitrogens with zero attached hydrogens (tertiary/aromatic N) is 1. The van der Waals surface area contributed by atoms with Gasteiger partial charge >= 0.3 is 0 Å². The van der Waals surface area contributed by atoms with E-state index in [0.717, 1.165) is 12.2 Å². The molecule has 1 saturated carbocycles. The molecule has 2 amide bonds. The molecule has 4 atom stereocenters. The Bertz CT molecular complexity index is 752. The van der Waals surface area contributed by atoms with Crippen molar-refractivity contribution in [2.45, 2.75) is 27.2 Å². The van der Waals surface area contributed by atoms with Gasteiger partial charge in [-0.25, -0.2) is 4.90 Å². The van der Waals surface area contributed by atoms with E-state index < -0.39 is 0 Å². The Morgan fingerprint density at radius 1 is 1.00 bits per heavy atom. The summed E-state index contributed by atoms with van der Waals surface area (Å²) in [5.41, 5.74) is 3.16. The lowest BCUT2D eigenvalue weighted by molar-refractivity contribution is -0.122. The highest BCUT2D eigenvalue weighted by Gasteiger charge is 2.61. The third-order valence-electron chi connectivity index (χ3n) is 5.56. The lowest BCUT2D eigenvalue weighted by Gasteiger charge is -2.19. The van der Waals surface area contributed by atoms with Crippen molar-refractivity contribution in [2.75, 3.05) is 11.5 Å². The number of rotatable bonds is 4. The number of hydrogen-bond acceptors (Lipinski definition) is 3. The van der Waals surface area contributed by atoms with Gasteiger partial charge < -0.3 is 4.74 Å². The van der Waals surface area contributed by atoms with Crippen molar-refractivity contribution in [1.29, 1.82) is 0 Å². The first-order valence-corrected chi connectivity index (χ1v) is 9.01. The minimum absolute atomic E-state index is 0.0622. The van der Waals surface area contributed by atoms with Gasteiger partial charge in [0.1, 0.15) is 5.75 Å². The lowest BCUT2D eigenvalue weighted by Crippen LogP contribution is -2.33. The number of hydrogen-bond donors (Lipinski definition) is 0. The molecular formula is C21H23NO3. The maximum absolute atomic E-state index is 13.0. The van der Waals surface area contributed by atoms with Crippen molar-refractivity contribution in [3.05, 3.63) is 47.6 Å². The molecular weight excluding hydrogens is 314 g/mol. The van der Waals surface area contributed by atoms with E-state index in [-0.39, 0.29) is 35.5 Å². The summed E-state index contributed by atoms with van der Waals surface area (Å²) in [4.78, 5) is 27.4. The number of imide groups is 1. The summed E-state index contributed by atoms with van der Waals surface area (Å²) in [6.45, 7) is 6.86. The van der Waals surface area contributed by atoms with Crippen LogP contribution >= 0.6 is 0 Å². The molecule has 1 heterocycles. The molecule has 4 rings (SSSR count). The van der Waals surface area contributed by atoms with Gasteiger partial charge in [-0.1, -0.05) is 30.2 Å². The molecule has 2 aliphatic carbocycles. The van der Waals surface area contributed by atoms with Crippen molar-refractivity contribution in [2.24, 2.45) is 23.7 Å². The van der Waals surface area contributed by atoms with E-state index in [1.165, 1.54) is 16.0 Å². The first-order chi connectivity index (χ1) is 12.0. The van der Waals surface area contributed by atoms with E-state index in [1.807, 2.05) is 12.1 Å². The van der Waals surface area contributed by atoms with Crippen LogP contribution in [0.1, 0.15) is 27.2 Å². The predicted molar refractivity (Wildman–Crippen MR) is 96.2 cm³/mol. The van der Waals surface area contributed by atoms with E-state index in [9.17, 15) is 9.59 Å². The zero-order valence-corrected chi connectivity index (χ0v) is 14.9. The van der Waals surface area contributed by atoms with Crippen LogP contribution in [0.4, 0.5) is 5.69 Å². The molecule has 0 N–H and O–H groups in total. The van der Waals surface area contributed by atoms with Crippen LogP contribution in [0.25, 0.3) is 0 Å². The molecule has 130 valence electrons. The molecule has 4 nitrogen and oxygen atoms in total. The number of carbonyl (C=O) groups excluding carboxylic acids is 2. The topological polar surface area (TPSA) is 46.6 Å². The average molecular weight is 337 g/mol. The van der Waals surface area contributed by atoms with E-state index in [2.05, 4.69) is 32.9 Å². The predicted octanol–water partition coefficient (Wildman–Crippen LogP) is 3.73. The Hall–Kier alpha value is -2.36. The number of anilines is 1. The summed E-state index contributed by atoms with van der Waals surface area (Å²) < 4.78 is 5.58. The first kappa shape index (κ1) is 16.1. The van der Waals surface area contributed by atoms with Crippen molar-refractivity contribution in [1.82, 2.24) is 0 Å². The normalized spacial score (nSPS) is 29.6. The summed E-state index contributed by atoms with van der Waals surface area (Å²) >= 11 is 0. The molecule has 4 heteroatoms. The number of benzene rings is 1. The summed E-state index contributed by atoms with van der Waals surface area (Å²) in [5, 5.41) is 0. The molecule has 0 radical (unpaired) electrons. The number of amides is 2. The minimum Gasteiger partial charge on any atom is -0.494 e. The van der Waals surface area contributed by atoms with Gasteiger partial charge in [-0.3, -0.25) is 9.59 Å². The zero-order valence-electron chi connectivity index (χ0n) is 14.9. The first-order valence-electron chi connectivity index (χ1n) is 9.01. The van der Waals surface area contributed by atoms with Crippen LogP contribution in [0.5, 0.6) is 5.75 Å². The number of fused-ring (bicyclic) bond motifs is 5. The molecule has 3 aliphatic rings. The smallest absolute Gasteiger partial charge is 0.238 e. The maximum Gasteiger partial charge on any atom is 0.238 e. The third kappa shape index (κ3) is 2.27. The van der Waals surface area contributed by atoms with E-state index >= 15 is 0 Å². The van der Waals surface area contributed by atoms with Crippen LogP contribution in [0.2, 0.25) is 0 Å². The number of ether oxygens (including phenoxy) is 1. The van der Waals surface area contributed by atoms with Gasteiger partial charge in [-0.2, -0.15) is 0 Å². The Kier molecular flexibility index (Phi) is 3.78. The van der Waals surface area contributed by atoms with Crippen LogP contribution in [0.3, 0.4) is 0 Å². The van der Waals surface area contributed by atoms with E-state index in [4.69, 9.17) is 4.74 Å². The zero-order chi connectivity index (χ0) is 17.7. The monoisotopic (exact) mass is 337 g/mol. The molecule has 2 bridgehead atoms. The fourth-order valence-electron chi connectivity index (χ4n) is 4.60. The van der Waals surface area contributed by atoms with Gasteiger partial charge in [0, 0.05) is 11.8 Å². The quantitative estimate of drug-likeness (QED) is 0.621. The van der Waals surface area contributed by atoms with Crippen LogP contribution < -0.4 is 9.64 Å². The summed E-state index contributed by atoms with van der Waals surface area (Å²) in [7, 11) is 0. The summed E-state index contributed by atoms with van der Waals surface area (Å²) in [5.74, 6) is 0.355. The van der Waals surface area contributed by atoms with Crippen LogP contribution in [-0.2, 0) is 9.59 Å². The highest BCUT2D eigenvalue weighted by atomic mass is 16.5. The molecule has 1 aromatic rings. The third-order valence-corrected chi connectivity index (χ3v) is 5.56. The molecule has 0 spiro atoms. The second-order valence-corrected chi connectivity index (χ2v) is 7.30. The van der Waals surface area contributed by atoms with Crippen molar-refractivity contribution < 1.29 is 14.3 Å². The number of carbonyl (C=O) groups is 2. The summed E-state index contributed by atoms with van der Waals surface area (Å²) in [6.07, 6.45) is 5.17. The Labute approximate surface area is 148 Å². The molecule has 25 heavy (non-hydrogen) atoms. The highest BCUT2D eigenvalue weighted by molar-refractivity contribution is 6.23. The summed E-state index contributed by atoms with van der Waals surface area (Å²) in [6, 6.07) is 7.26. The van der Waals surface area contributed by atoms with Crippen LogP contribution in [-0.4, -0.2) is 18.4 Å². The lowest BCUT2D eigenvalue weighted by atomic mass is 9.85.